The maximum Gasteiger partial charge on any atom is 0.188 e. The number of aliphatic imine (C=N–C) groups is 1. The number of guanidine groups is 1. The van der Waals surface area contributed by atoms with Gasteiger partial charge in [-0.25, -0.2) is 0 Å². The number of methoxy groups -OCH3 is 1. The van der Waals surface area contributed by atoms with E-state index in [1.165, 1.54) is 5.56 Å². The highest BCUT2D eigenvalue weighted by Crippen LogP contribution is 2.13. The summed E-state index contributed by atoms with van der Waals surface area (Å²) >= 11 is 0. The first-order chi connectivity index (χ1) is 10.5. The van der Waals surface area contributed by atoms with E-state index in [1.807, 2.05) is 19.1 Å². The highest BCUT2D eigenvalue weighted by atomic mass is 127. The lowest BCUT2D eigenvalue weighted by molar-refractivity contribution is 0.179. The molecule has 0 spiro atoms. The van der Waals surface area contributed by atoms with E-state index in [0.717, 1.165) is 18.8 Å². The molecule has 1 aromatic rings. The molecule has 6 heteroatoms. The van der Waals surface area contributed by atoms with E-state index in [1.54, 1.807) is 7.11 Å². The van der Waals surface area contributed by atoms with Gasteiger partial charge in [-0.05, 0) is 37.0 Å². The minimum absolute atomic E-state index is 0. The molecule has 23 heavy (non-hydrogen) atoms. The number of nitrogens with two attached hydrogens (primary N) is 1. The van der Waals surface area contributed by atoms with Gasteiger partial charge in [-0.2, -0.15) is 0 Å². The number of nitrogens with one attached hydrogen (secondary N) is 1. The lowest BCUT2D eigenvalue weighted by Crippen LogP contribution is -2.40. The summed E-state index contributed by atoms with van der Waals surface area (Å²) in [5.41, 5.74) is 7.05. The lowest BCUT2D eigenvalue weighted by Gasteiger charge is -2.13. The Balaban J connectivity index is 0.00000484. The van der Waals surface area contributed by atoms with Crippen LogP contribution in [0.4, 0.5) is 0 Å². The SMILES string of the molecule is COCC(C)NC(N)=NCCc1ccc(OCC(C)C)cc1.I. The molecule has 0 bridgehead atoms. The van der Waals surface area contributed by atoms with E-state index in [9.17, 15) is 0 Å². The van der Waals surface area contributed by atoms with Crippen molar-refractivity contribution in [3.05, 3.63) is 29.8 Å². The number of nitrogens with zero attached hydrogens (tertiary/aromatic N) is 1. The predicted molar refractivity (Wildman–Crippen MR) is 107 cm³/mol. The van der Waals surface area contributed by atoms with Gasteiger partial charge in [-0.1, -0.05) is 26.0 Å². The summed E-state index contributed by atoms with van der Waals surface area (Å²) < 4.78 is 10.7. The van der Waals surface area contributed by atoms with Crippen LogP contribution in [0.15, 0.2) is 29.3 Å². The Hall–Kier alpha value is -1.02. The molecule has 0 aliphatic carbocycles. The maximum atomic E-state index is 5.82. The van der Waals surface area contributed by atoms with Crippen LogP contribution in [0.1, 0.15) is 26.3 Å². The van der Waals surface area contributed by atoms with Gasteiger partial charge in [0, 0.05) is 19.7 Å². The van der Waals surface area contributed by atoms with Crippen LogP contribution in [0.2, 0.25) is 0 Å². The highest BCUT2D eigenvalue weighted by Gasteiger charge is 2.01. The van der Waals surface area contributed by atoms with E-state index in [-0.39, 0.29) is 30.0 Å². The smallest absolute Gasteiger partial charge is 0.188 e. The lowest BCUT2D eigenvalue weighted by atomic mass is 10.1. The first kappa shape index (κ1) is 22.0. The molecule has 132 valence electrons. The fourth-order valence-corrected chi connectivity index (χ4v) is 1.91. The third-order valence-electron chi connectivity index (χ3n) is 3.00. The maximum absolute atomic E-state index is 5.82. The Kier molecular flexibility index (Phi) is 11.9. The predicted octanol–water partition coefficient (Wildman–Crippen LogP) is 2.82. The molecule has 5 nitrogen and oxygen atoms in total. The Morgan fingerprint density at radius 3 is 2.39 bits per heavy atom. The molecular weight excluding hydrogens is 405 g/mol. The van der Waals surface area contributed by atoms with E-state index < -0.39 is 0 Å². The number of rotatable bonds is 9. The molecule has 1 aromatic carbocycles. The van der Waals surface area contributed by atoms with Gasteiger partial charge in [0.1, 0.15) is 5.75 Å². The molecule has 0 saturated heterocycles. The average molecular weight is 435 g/mol. The highest BCUT2D eigenvalue weighted by molar-refractivity contribution is 14.0. The second-order valence-electron chi connectivity index (χ2n) is 5.87. The van der Waals surface area contributed by atoms with Crippen molar-refractivity contribution in [1.82, 2.24) is 5.32 Å². The van der Waals surface area contributed by atoms with Crippen LogP contribution in [0.5, 0.6) is 5.75 Å². The molecular formula is C17H30IN3O2. The Labute approximate surface area is 157 Å². The van der Waals surface area contributed by atoms with Crippen molar-refractivity contribution < 1.29 is 9.47 Å². The number of benzene rings is 1. The largest absolute Gasteiger partial charge is 0.493 e. The van der Waals surface area contributed by atoms with Crippen molar-refractivity contribution in [3.8, 4) is 5.75 Å². The normalized spacial score (nSPS) is 12.7. The summed E-state index contributed by atoms with van der Waals surface area (Å²) in [7, 11) is 1.67. The van der Waals surface area contributed by atoms with Crippen molar-refractivity contribution in [1.29, 1.82) is 0 Å². The molecule has 1 unspecified atom stereocenters. The van der Waals surface area contributed by atoms with Crippen LogP contribution in [-0.4, -0.2) is 38.9 Å². The fourth-order valence-electron chi connectivity index (χ4n) is 1.91. The van der Waals surface area contributed by atoms with E-state index in [0.29, 0.717) is 25.0 Å². The number of ether oxygens (including phenoxy) is 2. The number of halogens is 1. The Morgan fingerprint density at radius 1 is 1.17 bits per heavy atom. The number of hydrogen-bond acceptors (Lipinski definition) is 3. The van der Waals surface area contributed by atoms with Crippen molar-refractivity contribution in [3.63, 3.8) is 0 Å². The molecule has 1 atom stereocenters. The zero-order chi connectivity index (χ0) is 16.4. The topological polar surface area (TPSA) is 68.9 Å². The van der Waals surface area contributed by atoms with Gasteiger partial charge in [0.15, 0.2) is 5.96 Å². The van der Waals surface area contributed by atoms with Crippen LogP contribution >= 0.6 is 24.0 Å². The van der Waals surface area contributed by atoms with Gasteiger partial charge in [-0.3, -0.25) is 4.99 Å². The van der Waals surface area contributed by atoms with Crippen molar-refractivity contribution in [2.24, 2.45) is 16.6 Å². The Bertz CT molecular complexity index is 450. The van der Waals surface area contributed by atoms with Gasteiger partial charge < -0.3 is 20.5 Å². The number of hydrogen-bond donors (Lipinski definition) is 2. The molecule has 0 amide bonds. The molecule has 0 heterocycles. The second kappa shape index (κ2) is 12.4. The monoisotopic (exact) mass is 435 g/mol. The van der Waals surface area contributed by atoms with Gasteiger partial charge in [-0.15, -0.1) is 24.0 Å². The summed E-state index contributed by atoms with van der Waals surface area (Å²) in [6.07, 6.45) is 0.853. The zero-order valence-corrected chi connectivity index (χ0v) is 16.9. The quantitative estimate of drug-likeness (QED) is 0.356. The summed E-state index contributed by atoms with van der Waals surface area (Å²) in [6.45, 7) is 8.28. The van der Waals surface area contributed by atoms with Crippen LogP contribution in [0.25, 0.3) is 0 Å². The molecule has 0 aliphatic rings. The van der Waals surface area contributed by atoms with Gasteiger partial charge in [0.25, 0.3) is 0 Å². The fraction of sp³-hybridized carbons (Fsp3) is 0.588. The van der Waals surface area contributed by atoms with E-state index >= 15 is 0 Å². The molecule has 1 rings (SSSR count). The summed E-state index contributed by atoms with van der Waals surface area (Å²) in [6, 6.07) is 8.31. The third kappa shape index (κ3) is 10.4. The van der Waals surface area contributed by atoms with Crippen molar-refractivity contribution in [2.45, 2.75) is 33.2 Å². The van der Waals surface area contributed by atoms with Crippen LogP contribution in [0, 0.1) is 5.92 Å². The first-order valence-electron chi connectivity index (χ1n) is 7.78. The minimum Gasteiger partial charge on any atom is -0.493 e. The first-order valence-corrected chi connectivity index (χ1v) is 7.78. The van der Waals surface area contributed by atoms with Crippen LogP contribution in [0.3, 0.4) is 0 Å². The van der Waals surface area contributed by atoms with Gasteiger partial charge in [0.05, 0.1) is 13.2 Å². The molecule has 0 saturated carbocycles. The third-order valence-corrected chi connectivity index (χ3v) is 3.00. The summed E-state index contributed by atoms with van der Waals surface area (Å²) in [4.78, 5) is 4.32. The standard InChI is InChI=1S/C17H29N3O2.HI/c1-13(2)11-22-16-7-5-15(6-8-16)9-10-19-17(18)20-14(3)12-21-4;/h5-8,13-14H,9-12H2,1-4H3,(H3,18,19,20);1H. The molecule has 0 fully saturated rings. The minimum atomic E-state index is 0. The van der Waals surface area contributed by atoms with E-state index in [4.69, 9.17) is 15.2 Å². The zero-order valence-electron chi connectivity index (χ0n) is 14.5. The molecule has 0 aromatic heterocycles. The summed E-state index contributed by atoms with van der Waals surface area (Å²) in [5, 5.41) is 3.09. The van der Waals surface area contributed by atoms with Crippen LogP contribution in [-0.2, 0) is 11.2 Å². The summed E-state index contributed by atoms with van der Waals surface area (Å²) in [5.74, 6) is 1.90. The molecule has 3 N–H and O–H groups in total. The van der Waals surface area contributed by atoms with Gasteiger partial charge >= 0.3 is 0 Å². The average Bonchev–Trinajstić information content (AvgIpc) is 2.46. The van der Waals surface area contributed by atoms with Crippen LogP contribution < -0.4 is 15.8 Å². The molecule has 0 aliphatic heterocycles. The van der Waals surface area contributed by atoms with E-state index in [2.05, 4.69) is 36.3 Å². The second-order valence-corrected chi connectivity index (χ2v) is 5.87. The van der Waals surface area contributed by atoms with Gasteiger partial charge in [0.2, 0.25) is 0 Å². The van der Waals surface area contributed by atoms with Crippen molar-refractivity contribution >= 4 is 29.9 Å². The Morgan fingerprint density at radius 2 is 1.83 bits per heavy atom. The molecule has 0 radical (unpaired) electrons. The van der Waals surface area contributed by atoms with Crippen molar-refractivity contribution in [2.75, 3.05) is 26.9 Å².